The lowest BCUT2D eigenvalue weighted by Gasteiger charge is -2.28. The van der Waals surface area contributed by atoms with E-state index in [-0.39, 0.29) is 17.4 Å². The van der Waals surface area contributed by atoms with Crippen molar-refractivity contribution in [3.63, 3.8) is 0 Å². The molecule has 0 fully saturated rings. The molecule has 2 rings (SSSR count). The number of urea groups is 1. The summed E-state index contributed by atoms with van der Waals surface area (Å²) in [5.74, 6) is 0.0585. The molecule has 2 N–H and O–H groups in total. The number of carbonyl (C=O) groups is 1. The molecule has 152 valence electrons. The van der Waals surface area contributed by atoms with Crippen LogP contribution in [0.4, 0.5) is 20.7 Å². The third-order valence-electron chi connectivity index (χ3n) is 3.49. The molecule has 9 nitrogen and oxygen atoms in total. The zero-order chi connectivity index (χ0) is 20.9. The number of aromatic nitrogens is 1. The van der Waals surface area contributed by atoms with Crippen LogP contribution >= 0.6 is 0 Å². The Morgan fingerprint density at radius 1 is 1.14 bits per heavy atom. The first-order chi connectivity index (χ1) is 13.2. The van der Waals surface area contributed by atoms with Gasteiger partial charge in [-0.2, -0.15) is 13.4 Å². The van der Waals surface area contributed by atoms with Gasteiger partial charge in [-0.25, -0.2) is 13.9 Å². The van der Waals surface area contributed by atoms with E-state index in [9.17, 15) is 17.6 Å². The van der Waals surface area contributed by atoms with Crippen molar-refractivity contribution in [3.8, 4) is 11.6 Å². The van der Waals surface area contributed by atoms with Crippen LogP contribution in [-0.2, 0) is 10.2 Å². The molecule has 1 aromatic heterocycles. The fraction of sp³-hybridized carbons (Fsp3) is 0.294. The number of anilines is 2. The second-order valence-electron chi connectivity index (χ2n) is 5.86. The first-order valence-corrected chi connectivity index (χ1v) is 9.59. The van der Waals surface area contributed by atoms with Crippen LogP contribution in [0.5, 0.6) is 11.6 Å². The minimum absolute atomic E-state index is 0.0294. The predicted molar refractivity (Wildman–Crippen MR) is 102 cm³/mol. The number of methoxy groups -OCH3 is 2. The predicted octanol–water partition coefficient (Wildman–Crippen LogP) is 2.52. The fourth-order valence-corrected chi connectivity index (χ4v) is 3.72. The highest BCUT2D eigenvalue weighted by molar-refractivity contribution is 7.91. The molecule has 0 spiro atoms. The maximum absolute atomic E-state index is 13.1. The molecule has 0 atom stereocenters. The van der Waals surface area contributed by atoms with Crippen LogP contribution in [0.25, 0.3) is 0 Å². The van der Waals surface area contributed by atoms with Crippen LogP contribution < -0.4 is 23.8 Å². The number of nitrogens with zero attached hydrogens (tertiary/aromatic N) is 2. The summed E-state index contributed by atoms with van der Waals surface area (Å²) in [6.07, 6.45) is 0. The Labute approximate surface area is 162 Å². The van der Waals surface area contributed by atoms with Crippen molar-refractivity contribution in [2.24, 2.45) is 0 Å². The van der Waals surface area contributed by atoms with Gasteiger partial charge in [-0.05, 0) is 38.1 Å². The zero-order valence-corrected chi connectivity index (χ0v) is 16.6. The Morgan fingerprint density at radius 3 is 2.32 bits per heavy atom. The van der Waals surface area contributed by atoms with Crippen molar-refractivity contribution in [2.45, 2.75) is 19.9 Å². The molecule has 0 unspecified atom stereocenters. The van der Waals surface area contributed by atoms with Gasteiger partial charge in [-0.3, -0.25) is 9.62 Å². The van der Waals surface area contributed by atoms with E-state index < -0.39 is 28.1 Å². The van der Waals surface area contributed by atoms with Gasteiger partial charge >= 0.3 is 16.2 Å². The van der Waals surface area contributed by atoms with Crippen molar-refractivity contribution in [2.75, 3.05) is 23.8 Å². The van der Waals surface area contributed by atoms with Crippen molar-refractivity contribution in [1.29, 1.82) is 0 Å². The van der Waals surface area contributed by atoms with E-state index in [1.165, 1.54) is 38.5 Å². The van der Waals surface area contributed by atoms with Gasteiger partial charge in [0.05, 0.1) is 19.9 Å². The molecule has 2 aromatic rings. The molecule has 0 saturated heterocycles. The number of nitrogens with one attached hydrogen (secondary N) is 2. The maximum atomic E-state index is 13.1. The Bertz CT molecular complexity index is 913. The number of pyridine rings is 1. The smallest absolute Gasteiger partial charge is 0.335 e. The van der Waals surface area contributed by atoms with Gasteiger partial charge in [-0.15, -0.1) is 0 Å². The lowest BCUT2D eigenvalue weighted by Crippen LogP contribution is -2.48. The minimum atomic E-state index is -4.28. The third kappa shape index (κ3) is 5.22. The second kappa shape index (κ2) is 8.74. The Morgan fingerprint density at radius 2 is 1.79 bits per heavy atom. The molecule has 0 aliphatic rings. The van der Waals surface area contributed by atoms with Crippen molar-refractivity contribution in [3.05, 3.63) is 42.2 Å². The van der Waals surface area contributed by atoms with Crippen LogP contribution in [-0.4, -0.2) is 39.7 Å². The topological polar surface area (TPSA) is 110 Å². The van der Waals surface area contributed by atoms with Crippen molar-refractivity contribution < 1.29 is 27.1 Å². The molecule has 11 heteroatoms. The Balaban J connectivity index is 2.22. The first kappa shape index (κ1) is 21.2. The lowest BCUT2D eigenvalue weighted by molar-refractivity contribution is 0.256. The largest absolute Gasteiger partial charge is 0.496 e. The summed E-state index contributed by atoms with van der Waals surface area (Å²) < 4.78 is 51.5. The van der Waals surface area contributed by atoms with Gasteiger partial charge in [-0.1, -0.05) is 0 Å². The Kier molecular flexibility index (Phi) is 6.62. The highest BCUT2D eigenvalue weighted by Crippen LogP contribution is 2.23. The summed E-state index contributed by atoms with van der Waals surface area (Å²) in [4.78, 5) is 16.2. The molecule has 28 heavy (non-hydrogen) atoms. The van der Waals surface area contributed by atoms with Crippen molar-refractivity contribution in [1.82, 2.24) is 9.71 Å². The van der Waals surface area contributed by atoms with Crippen LogP contribution in [0.2, 0.25) is 0 Å². The molecule has 1 aromatic carbocycles. The SMILES string of the molecule is COc1cc(NC(=O)NS(=O)(=O)N(c2ccc(F)cc2)C(C)C)nc(OC)c1. The number of hydrogen-bond donors (Lipinski definition) is 2. The average molecular weight is 412 g/mol. The summed E-state index contributed by atoms with van der Waals surface area (Å²) >= 11 is 0. The van der Waals surface area contributed by atoms with Crippen LogP contribution in [0.3, 0.4) is 0 Å². The molecule has 0 bridgehead atoms. The molecule has 1 heterocycles. The summed E-state index contributed by atoms with van der Waals surface area (Å²) in [5, 5.41) is 2.31. The minimum Gasteiger partial charge on any atom is -0.496 e. The van der Waals surface area contributed by atoms with Crippen LogP contribution in [0.15, 0.2) is 36.4 Å². The quantitative estimate of drug-likeness (QED) is 0.723. The van der Waals surface area contributed by atoms with Gasteiger partial charge in [0.1, 0.15) is 17.4 Å². The molecule has 0 aliphatic carbocycles. The average Bonchev–Trinajstić information content (AvgIpc) is 2.61. The van der Waals surface area contributed by atoms with E-state index in [1.54, 1.807) is 13.8 Å². The van der Waals surface area contributed by atoms with Crippen LogP contribution in [0, 0.1) is 5.82 Å². The number of benzene rings is 1. The second-order valence-corrected chi connectivity index (χ2v) is 7.41. The van der Waals surface area contributed by atoms with Crippen molar-refractivity contribution >= 4 is 27.7 Å². The van der Waals surface area contributed by atoms with E-state index >= 15 is 0 Å². The van der Waals surface area contributed by atoms with E-state index in [0.29, 0.717) is 5.75 Å². The van der Waals surface area contributed by atoms with E-state index in [2.05, 4.69) is 10.3 Å². The van der Waals surface area contributed by atoms with Gasteiger partial charge in [0.25, 0.3) is 0 Å². The monoisotopic (exact) mass is 412 g/mol. The van der Waals surface area contributed by atoms with E-state index in [4.69, 9.17) is 9.47 Å². The molecular weight excluding hydrogens is 391 g/mol. The van der Waals surface area contributed by atoms with E-state index in [1.807, 2.05) is 4.72 Å². The highest BCUT2D eigenvalue weighted by atomic mass is 32.2. The fourth-order valence-electron chi connectivity index (χ4n) is 2.38. The van der Waals surface area contributed by atoms with Gasteiger partial charge in [0.2, 0.25) is 5.88 Å². The number of hydrogen-bond acceptors (Lipinski definition) is 6. The molecule has 0 saturated carbocycles. The van der Waals surface area contributed by atoms with Gasteiger partial charge in [0, 0.05) is 18.2 Å². The number of halogens is 1. The summed E-state index contributed by atoms with van der Waals surface area (Å²) in [6.45, 7) is 3.24. The number of amides is 2. The number of rotatable bonds is 7. The van der Waals surface area contributed by atoms with Crippen LogP contribution in [0.1, 0.15) is 13.8 Å². The third-order valence-corrected chi connectivity index (χ3v) is 5.09. The standard InChI is InChI=1S/C17H21FN4O5S/c1-11(2)22(13-7-5-12(18)6-8-13)28(24,25)21-17(23)20-15-9-14(26-3)10-16(19-15)27-4/h5-11H,1-4H3,(H2,19,20,21,23). The Hall–Kier alpha value is -3.08. The lowest BCUT2D eigenvalue weighted by atomic mass is 10.3. The molecular formula is C17H21FN4O5S. The maximum Gasteiger partial charge on any atom is 0.335 e. The summed E-state index contributed by atoms with van der Waals surface area (Å²) in [5.41, 5.74) is 0.206. The van der Waals surface area contributed by atoms with Gasteiger partial charge < -0.3 is 9.47 Å². The number of carbonyl (C=O) groups excluding carboxylic acids is 1. The zero-order valence-electron chi connectivity index (χ0n) is 15.8. The normalized spacial score (nSPS) is 11.1. The summed E-state index contributed by atoms with van der Waals surface area (Å²) in [6, 6.07) is 6.20. The molecule has 0 aliphatic heterocycles. The van der Waals surface area contributed by atoms with E-state index in [0.717, 1.165) is 16.4 Å². The summed E-state index contributed by atoms with van der Waals surface area (Å²) in [7, 11) is -1.47. The first-order valence-electron chi connectivity index (χ1n) is 8.15. The number of ether oxygens (including phenoxy) is 2. The molecule has 0 radical (unpaired) electrons. The highest BCUT2D eigenvalue weighted by Gasteiger charge is 2.27. The van der Waals surface area contributed by atoms with Gasteiger partial charge in [0.15, 0.2) is 0 Å². The molecule has 2 amide bonds.